The van der Waals surface area contributed by atoms with E-state index in [2.05, 4.69) is 35.9 Å². The SMILES string of the molecule is O=[N+]([O-])c1cc(Br)c(F)cc1NCCc1ncon1. The lowest BCUT2D eigenvalue weighted by Crippen LogP contribution is -2.08. The maximum atomic E-state index is 13.4. The average molecular weight is 331 g/mol. The minimum Gasteiger partial charge on any atom is -0.379 e. The van der Waals surface area contributed by atoms with Gasteiger partial charge in [-0.2, -0.15) is 4.98 Å². The summed E-state index contributed by atoms with van der Waals surface area (Å²) in [6, 6.07) is 2.18. The predicted molar refractivity (Wildman–Crippen MR) is 67.2 cm³/mol. The molecule has 100 valence electrons. The van der Waals surface area contributed by atoms with Gasteiger partial charge >= 0.3 is 0 Å². The Labute approximate surface area is 115 Å². The van der Waals surface area contributed by atoms with Crippen molar-refractivity contribution in [1.29, 1.82) is 0 Å². The second-order valence-corrected chi connectivity index (χ2v) is 4.42. The molecule has 0 saturated heterocycles. The van der Waals surface area contributed by atoms with E-state index in [4.69, 9.17) is 0 Å². The van der Waals surface area contributed by atoms with E-state index < -0.39 is 10.7 Å². The van der Waals surface area contributed by atoms with E-state index in [9.17, 15) is 14.5 Å². The first kappa shape index (κ1) is 13.4. The molecule has 1 N–H and O–H groups in total. The molecule has 2 aromatic rings. The quantitative estimate of drug-likeness (QED) is 0.668. The van der Waals surface area contributed by atoms with Crippen LogP contribution in [0, 0.1) is 15.9 Å². The topological polar surface area (TPSA) is 94.1 Å². The molecule has 0 fully saturated rings. The largest absolute Gasteiger partial charge is 0.379 e. The van der Waals surface area contributed by atoms with Crippen LogP contribution in [0.25, 0.3) is 0 Å². The first-order valence-corrected chi connectivity index (χ1v) is 6.00. The third-order valence-corrected chi connectivity index (χ3v) is 2.91. The van der Waals surface area contributed by atoms with Crippen LogP contribution in [-0.2, 0) is 6.42 Å². The van der Waals surface area contributed by atoms with E-state index in [-0.39, 0.29) is 15.8 Å². The number of nitrogens with zero attached hydrogens (tertiary/aromatic N) is 3. The van der Waals surface area contributed by atoms with Crippen molar-refractivity contribution >= 4 is 27.3 Å². The summed E-state index contributed by atoms with van der Waals surface area (Å²) in [7, 11) is 0. The molecule has 1 aromatic heterocycles. The second kappa shape index (κ2) is 5.74. The van der Waals surface area contributed by atoms with Crippen LogP contribution in [0.5, 0.6) is 0 Å². The molecule has 7 nitrogen and oxygen atoms in total. The molecule has 0 bridgehead atoms. The van der Waals surface area contributed by atoms with Crippen molar-refractivity contribution in [3.8, 4) is 0 Å². The zero-order chi connectivity index (χ0) is 13.8. The van der Waals surface area contributed by atoms with Gasteiger partial charge in [0.15, 0.2) is 5.82 Å². The van der Waals surface area contributed by atoms with Crippen molar-refractivity contribution in [2.45, 2.75) is 6.42 Å². The van der Waals surface area contributed by atoms with Gasteiger partial charge in [-0.3, -0.25) is 10.1 Å². The number of anilines is 1. The van der Waals surface area contributed by atoms with Crippen LogP contribution in [0.15, 0.2) is 27.5 Å². The number of benzene rings is 1. The summed E-state index contributed by atoms with van der Waals surface area (Å²) in [6.07, 6.45) is 1.60. The Balaban J connectivity index is 2.10. The molecule has 1 heterocycles. The lowest BCUT2D eigenvalue weighted by Gasteiger charge is -2.06. The summed E-state index contributed by atoms with van der Waals surface area (Å²) >= 11 is 2.91. The minimum absolute atomic E-state index is 0.0444. The van der Waals surface area contributed by atoms with Crippen molar-refractivity contribution in [2.75, 3.05) is 11.9 Å². The third-order valence-electron chi connectivity index (χ3n) is 2.31. The fourth-order valence-corrected chi connectivity index (χ4v) is 1.77. The van der Waals surface area contributed by atoms with E-state index in [1.165, 1.54) is 6.39 Å². The van der Waals surface area contributed by atoms with Crippen molar-refractivity contribution in [3.63, 3.8) is 0 Å². The molecule has 0 spiro atoms. The molecule has 19 heavy (non-hydrogen) atoms. The lowest BCUT2D eigenvalue weighted by atomic mass is 10.2. The Morgan fingerprint density at radius 2 is 2.32 bits per heavy atom. The Kier molecular flexibility index (Phi) is 4.05. The van der Waals surface area contributed by atoms with Gasteiger partial charge in [0.1, 0.15) is 11.5 Å². The number of halogens is 2. The van der Waals surface area contributed by atoms with Crippen molar-refractivity contribution in [1.82, 2.24) is 10.1 Å². The monoisotopic (exact) mass is 330 g/mol. The number of nitro benzene ring substituents is 1. The average Bonchev–Trinajstić information content (AvgIpc) is 2.86. The van der Waals surface area contributed by atoms with Crippen LogP contribution in [-0.4, -0.2) is 21.6 Å². The third kappa shape index (κ3) is 3.25. The lowest BCUT2D eigenvalue weighted by molar-refractivity contribution is -0.384. The fraction of sp³-hybridized carbons (Fsp3) is 0.200. The zero-order valence-corrected chi connectivity index (χ0v) is 11.1. The molecule has 0 aliphatic carbocycles. The number of hydrogen-bond acceptors (Lipinski definition) is 6. The van der Waals surface area contributed by atoms with Crippen molar-refractivity contribution < 1.29 is 13.8 Å². The van der Waals surface area contributed by atoms with Gasteiger partial charge in [0, 0.05) is 25.1 Å². The summed E-state index contributed by atoms with van der Waals surface area (Å²) in [4.78, 5) is 14.1. The molecule has 0 aliphatic rings. The maximum Gasteiger partial charge on any atom is 0.293 e. The first-order valence-electron chi connectivity index (χ1n) is 5.20. The Morgan fingerprint density at radius 3 is 2.95 bits per heavy atom. The molecule has 1 aromatic carbocycles. The number of nitrogens with one attached hydrogen (secondary N) is 1. The maximum absolute atomic E-state index is 13.4. The minimum atomic E-state index is -0.582. The first-order chi connectivity index (χ1) is 9.08. The Hall–Kier alpha value is -2.03. The molecule has 0 atom stereocenters. The Morgan fingerprint density at radius 1 is 1.53 bits per heavy atom. The Bertz CT molecular complexity index is 591. The van der Waals surface area contributed by atoms with E-state index in [1.807, 2.05) is 0 Å². The number of rotatable bonds is 5. The van der Waals surface area contributed by atoms with Crippen LogP contribution in [0.3, 0.4) is 0 Å². The standard InChI is InChI=1S/C10H8BrFN4O3/c11-6-3-9(16(17)18)8(4-7(6)12)13-2-1-10-14-5-19-15-10/h3-5,13H,1-2H2. The van der Waals surface area contributed by atoms with Gasteiger partial charge in [0.2, 0.25) is 6.39 Å². The van der Waals surface area contributed by atoms with Crippen LogP contribution in [0.1, 0.15) is 5.82 Å². The highest BCUT2D eigenvalue weighted by molar-refractivity contribution is 9.10. The van der Waals surface area contributed by atoms with E-state index in [0.717, 1.165) is 12.1 Å². The predicted octanol–water partition coefficient (Wildman–Crippen LogP) is 2.53. The van der Waals surface area contributed by atoms with Gasteiger partial charge in [-0.1, -0.05) is 5.16 Å². The highest BCUT2D eigenvalue weighted by atomic mass is 79.9. The van der Waals surface area contributed by atoms with Gasteiger partial charge in [-0.25, -0.2) is 4.39 Å². The fourth-order valence-electron chi connectivity index (χ4n) is 1.44. The highest BCUT2D eigenvalue weighted by Crippen LogP contribution is 2.30. The molecule has 0 saturated carbocycles. The number of nitro groups is 1. The molecule has 0 amide bonds. The zero-order valence-electron chi connectivity index (χ0n) is 9.47. The number of hydrogen-bond donors (Lipinski definition) is 1. The summed E-state index contributed by atoms with van der Waals surface area (Å²) in [5.41, 5.74) is -0.101. The van der Waals surface area contributed by atoms with Crippen molar-refractivity contribution in [2.24, 2.45) is 0 Å². The van der Waals surface area contributed by atoms with E-state index >= 15 is 0 Å². The smallest absolute Gasteiger partial charge is 0.293 e. The molecule has 2 rings (SSSR count). The van der Waals surface area contributed by atoms with Gasteiger partial charge in [0.05, 0.1) is 9.40 Å². The summed E-state index contributed by atoms with van der Waals surface area (Å²) in [5, 5.41) is 17.2. The van der Waals surface area contributed by atoms with Gasteiger partial charge < -0.3 is 9.84 Å². The molecule has 0 radical (unpaired) electrons. The van der Waals surface area contributed by atoms with Gasteiger partial charge in [-0.15, -0.1) is 0 Å². The van der Waals surface area contributed by atoms with Gasteiger partial charge in [-0.05, 0) is 15.9 Å². The molecule has 9 heteroatoms. The van der Waals surface area contributed by atoms with Crippen LogP contribution in [0.2, 0.25) is 0 Å². The molecule has 0 aliphatic heterocycles. The second-order valence-electron chi connectivity index (χ2n) is 3.56. The van der Waals surface area contributed by atoms with Crippen LogP contribution in [0.4, 0.5) is 15.8 Å². The summed E-state index contributed by atoms with van der Waals surface area (Å²) in [5.74, 6) is -0.111. The molecular formula is C10H8BrFN4O3. The highest BCUT2D eigenvalue weighted by Gasteiger charge is 2.17. The van der Waals surface area contributed by atoms with Gasteiger partial charge in [0.25, 0.3) is 5.69 Å². The molecule has 0 unspecified atom stereocenters. The van der Waals surface area contributed by atoms with Crippen LogP contribution >= 0.6 is 15.9 Å². The number of aromatic nitrogens is 2. The van der Waals surface area contributed by atoms with E-state index in [1.54, 1.807) is 0 Å². The molecular weight excluding hydrogens is 323 g/mol. The van der Waals surface area contributed by atoms with Crippen molar-refractivity contribution in [3.05, 3.63) is 44.8 Å². The summed E-state index contributed by atoms with van der Waals surface area (Å²) < 4.78 is 18.0. The normalized spacial score (nSPS) is 10.4. The van der Waals surface area contributed by atoms with E-state index in [0.29, 0.717) is 18.8 Å². The summed E-state index contributed by atoms with van der Waals surface area (Å²) in [6.45, 7) is 0.321. The van der Waals surface area contributed by atoms with Crippen LogP contribution < -0.4 is 5.32 Å².